The van der Waals surface area contributed by atoms with Crippen LogP contribution in [0.1, 0.15) is 41.0 Å². The molecule has 2 unspecified atom stereocenters. The van der Waals surface area contributed by atoms with E-state index in [-0.39, 0.29) is 24.3 Å². The van der Waals surface area contributed by atoms with Crippen LogP contribution in [0.5, 0.6) is 0 Å². The molecular weight excluding hydrogens is 244 g/mol. The van der Waals surface area contributed by atoms with E-state index in [0.29, 0.717) is 13.2 Å². The minimum atomic E-state index is -0.429. The molecule has 0 spiro atoms. The molecule has 2 amide bonds. The van der Waals surface area contributed by atoms with Crippen molar-refractivity contribution in [3.05, 3.63) is 0 Å². The SMILES string of the molecule is CCOC(C)(C)CN1CC(=O)NC(C(C)CC)C1=O. The number of nitrogens with zero attached hydrogens (tertiary/aromatic N) is 1. The first-order chi connectivity index (χ1) is 8.80. The number of ether oxygens (including phenoxy) is 1. The van der Waals surface area contributed by atoms with Gasteiger partial charge in [-0.1, -0.05) is 20.3 Å². The predicted molar refractivity (Wildman–Crippen MR) is 73.7 cm³/mol. The van der Waals surface area contributed by atoms with E-state index in [1.165, 1.54) is 0 Å². The van der Waals surface area contributed by atoms with Crippen molar-refractivity contribution in [2.45, 2.75) is 52.7 Å². The van der Waals surface area contributed by atoms with E-state index < -0.39 is 11.6 Å². The maximum atomic E-state index is 12.4. The minimum Gasteiger partial charge on any atom is -0.374 e. The molecule has 0 radical (unpaired) electrons. The highest BCUT2D eigenvalue weighted by molar-refractivity contribution is 5.95. The Kier molecular flexibility index (Phi) is 5.35. The van der Waals surface area contributed by atoms with Gasteiger partial charge in [-0.15, -0.1) is 0 Å². The Labute approximate surface area is 115 Å². The predicted octanol–water partition coefficient (Wildman–Crippen LogP) is 1.17. The van der Waals surface area contributed by atoms with Crippen LogP contribution in [0.25, 0.3) is 0 Å². The van der Waals surface area contributed by atoms with Crippen molar-refractivity contribution >= 4 is 11.8 Å². The van der Waals surface area contributed by atoms with Crippen molar-refractivity contribution in [3.8, 4) is 0 Å². The fourth-order valence-corrected chi connectivity index (χ4v) is 2.38. The monoisotopic (exact) mass is 270 g/mol. The third-order valence-corrected chi connectivity index (χ3v) is 3.55. The molecular formula is C14H26N2O3. The summed E-state index contributed by atoms with van der Waals surface area (Å²) >= 11 is 0. The van der Waals surface area contributed by atoms with Crippen LogP contribution in [0.4, 0.5) is 0 Å². The van der Waals surface area contributed by atoms with Crippen LogP contribution in [0.2, 0.25) is 0 Å². The van der Waals surface area contributed by atoms with Crippen LogP contribution in [0.15, 0.2) is 0 Å². The van der Waals surface area contributed by atoms with E-state index >= 15 is 0 Å². The van der Waals surface area contributed by atoms with Gasteiger partial charge in [-0.05, 0) is 26.7 Å². The van der Waals surface area contributed by atoms with Crippen molar-refractivity contribution in [3.63, 3.8) is 0 Å². The molecule has 1 fully saturated rings. The summed E-state index contributed by atoms with van der Waals surface area (Å²) in [7, 11) is 0. The molecule has 0 bridgehead atoms. The lowest BCUT2D eigenvalue weighted by Gasteiger charge is -2.39. The molecule has 5 nitrogen and oxygen atoms in total. The third-order valence-electron chi connectivity index (χ3n) is 3.55. The second-order valence-electron chi connectivity index (χ2n) is 5.82. The maximum absolute atomic E-state index is 12.4. The van der Waals surface area contributed by atoms with E-state index in [2.05, 4.69) is 5.32 Å². The number of rotatable bonds is 6. The number of hydrogen-bond acceptors (Lipinski definition) is 3. The van der Waals surface area contributed by atoms with Crippen molar-refractivity contribution in [2.75, 3.05) is 19.7 Å². The Hall–Kier alpha value is -1.10. The van der Waals surface area contributed by atoms with Gasteiger partial charge in [0.2, 0.25) is 11.8 Å². The first-order valence-corrected chi connectivity index (χ1v) is 7.02. The Bertz CT molecular complexity index is 342. The van der Waals surface area contributed by atoms with Gasteiger partial charge in [-0.2, -0.15) is 0 Å². The summed E-state index contributed by atoms with van der Waals surface area (Å²) in [5.74, 6) is 0.0633. The molecule has 0 aromatic rings. The summed E-state index contributed by atoms with van der Waals surface area (Å²) in [4.78, 5) is 25.8. The van der Waals surface area contributed by atoms with Crippen molar-refractivity contribution < 1.29 is 14.3 Å². The molecule has 0 saturated carbocycles. The normalized spacial score (nSPS) is 22.4. The molecule has 1 aliphatic heterocycles. The van der Waals surface area contributed by atoms with Crippen molar-refractivity contribution in [1.29, 1.82) is 0 Å². The number of piperazine rings is 1. The Morgan fingerprint density at radius 2 is 2.05 bits per heavy atom. The average molecular weight is 270 g/mol. The van der Waals surface area contributed by atoms with Gasteiger partial charge in [0.15, 0.2) is 0 Å². The molecule has 19 heavy (non-hydrogen) atoms. The van der Waals surface area contributed by atoms with Gasteiger partial charge in [0, 0.05) is 13.2 Å². The number of carbonyl (C=O) groups is 2. The summed E-state index contributed by atoms with van der Waals surface area (Å²) in [5.41, 5.74) is -0.429. The largest absolute Gasteiger partial charge is 0.374 e. The van der Waals surface area contributed by atoms with Gasteiger partial charge in [0.25, 0.3) is 0 Å². The highest BCUT2D eigenvalue weighted by Gasteiger charge is 2.37. The van der Waals surface area contributed by atoms with Gasteiger partial charge in [-0.25, -0.2) is 0 Å². The summed E-state index contributed by atoms with van der Waals surface area (Å²) in [6.45, 7) is 11.0. The lowest BCUT2D eigenvalue weighted by molar-refractivity contribution is -0.149. The first kappa shape index (κ1) is 16.0. The number of amides is 2. The lowest BCUT2D eigenvalue weighted by atomic mass is 9.95. The molecule has 0 aliphatic carbocycles. The van der Waals surface area contributed by atoms with Gasteiger partial charge in [0.1, 0.15) is 6.04 Å². The second-order valence-corrected chi connectivity index (χ2v) is 5.82. The van der Waals surface area contributed by atoms with E-state index in [0.717, 1.165) is 6.42 Å². The Morgan fingerprint density at radius 1 is 1.42 bits per heavy atom. The third kappa shape index (κ3) is 4.20. The topological polar surface area (TPSA) is 58.6 Å². The van der Waals surface area contributed by atoms with Crippen LogP contribution in [0.3, 0.4) is 0 Å². The summed E-state index contributed by atoms with van der Waals surface area (Å²) in [6, 6.07) is -0.399. The Morgan fingerprint density at radius 3 is 2.58 bits per heavy atom. The van der Waals surface area contributed by atoms with Gasteiger partial charge in [-0.3, -0.25) is 9.59 Å². The zero-order chi connectivity index (χ0) is 14.6. The minimum absolute atomic E-state index is 0.00160. The zero-order valence-corrected chi connectivity index (χ0v) is 12.7. The standard InChI is InChI=1S/C14H26N2O3/c1-6-10(3)12-13(18)16(8-11(17)15-12)9-14(4,5)19-7-2/h10,12H,6-9H2,1-5H3,(H,15,17). The van der Waals surface area contributed by atoms with Gasteiger partial charge < -0.3 is 15.0 Å². The quantitative estimate of drug-likeness (QED) is 0.788. The van der Waals surface area contributed by atoms with Crippen LogP contribution in [0, 0.1) is 5.92 Å². The number of nitrogens with one attached hydrogen (secondary N) is 1. The number of hydrogen-bond donors (Lipinski definition) is 1. The summed E-state index contributed by atoms with van der Waals surface area (Å²) < 4.78 is 5.61. The molecule has 1 N–H and O–H groups in total. The highest BCUT2D eigenvalue weighted by Crippen LogP contribution is 2.18. The molecule has 1 saturated heterocycles. The molecule has 0 aromatic carbocycles. The van der Waals surface area contributed by atoms with Crippen LogP contribution in [-0.4, -0.2) is 48.1 Å². The molecule has 110 valence electrons. The van der Waals surface area contributed by atoms with Crippen LogP contribution in [-0.2, 0) is 14.3 Å². The van der Waals surface area contributed by atoms with E-state index in [4.69, 9.17) is 4.74 Å². The molecule has 1 rings (SSSR count). The van der Waals surface area contributed by atoms with Crippen LogP contribution < -0.4 is 5.32 Å². The van der Waals surface area contributed by atoms with E-state index in [9.17, 15) is 9.59 Å². The Balaban J connectivity index is 2.77. The van der Waals surface area contributed by atoms with E-state index in [1.807, 2.05) is 34.6 Å². The van der Waals surface area contributed by atoms with Gasteiger partial charge in [0.05, 0.1) is 12.1 Å². The molecule has 1 aliphatic rings. The maximum Gasteiger partial charge on any atom is 0.245 e. The molecule has 0 aromatic heterocycles. The first-order valence-electron chi connectivity index (χ1n) is 7.02. The second kappa shape index (κ2) is 6.37. The van der Waals surface area contributed by atoms with Crippen LogP contribution >= 0.6 is 0 Å². The van der Waals surface area contributed by atoms with Gasteiger partial charge >= 0.3 is 0 Å². The number of carbonyl (C=O) groups excluding carboxylic acids is 2. The summed E-state index contributed by atoms with van der Waals surface area (Å²) in [6.07, 6.45) is 0.860. The molecule has 5 heteroatoms. The van der Waals surface area contributed by atoms with Crippen molar-refractivity contribution in [2.24, 2.45) is 5.92 Å². The fourth-order valence-electron chi connectivity index (χ4n) is 2.38. The lowest BCUT2D eigenvalue weighted by Crippen LogP contribution is -2.62. The average Bonchev–Trinajstić information content (AvgIpc) is 2.31. The molecule has 1 heterocycles. The smallest absolute Gasteiger partial charge is 0.245 e. The molecule has 2 atom stereocenters. The highest BCUT2D eigenvalue weighted by atomic mass is 16.5. The fraction of sp³-hybridized carbons (Fsp3) is 0.857. The zero-order valence-electron chi connectivity index (χ0n) is 12.7. The summed E-state index contributed by atoms with van der Waals surface area (Å²) in [5, 5.41) is 2.79. The van der Waals surface area contributed by atoms with E-state index in [1.54, 1.807) is 4.90 Å². The van der Waals surface area contributed by atoms with Crippen molar-refractivity contribution in [1.82, 2.24) is 10.2 Å².